The van der Waals surface area contributed by atoms with Crippen LogP contribution in [0.25, 0.3) is 0 Å². The fraction of sp³-hybridized carbons (Fsp3) is 0.636. The lowest BCUT2D eigenvalue weighted by Gasteiger charge is -2.26. The molecule has 17 heavy (non-hydrogen) atoms. The number of aryl methyl sites for hydroxylation is 1. The third-order valence-electron chi connectivity index (χ3n) is 2.99. The number of urea groups is 1. The molecular weight excluding hydrogens is 218 g/mol. The highest BCUT2D eigenvalue weighted by Crippen LogP contribution is 2.14. The number of nitrogens with two attached hydrogens (primary N) is 1. The molecule has 6 nitrogen and oxygen atoms in total. The molecule has 2 amide bonds. The van der Waals surface area contributed by atoms with Gasteiger partial charge in [-0.05, 0) is 19.3 Å². The summed E-state index contributed by atoms with van der Waals surface area (Å²) in [5.74, 6) is 0.575. The number of hydrogen-bond acceptors (Lipinski definition) is 3. The number of anilines is 1. The molecule has 1 aliphatic heterocycles. The lowest BCUT2D eigenvalue weighted by atomic mass is 10.1. The number of aromatic nitrogens is 2. The van der Waals surface area contributed by atoms with Crippen LogP contribution in [-0.4, -0.2) is 33.8 Å². The van der Waals surface area contributed by atoms with E-state index in [1.807, 2.05) is 18.1 Å². The Labute approximate surface area is 101 Å². The number of nitrogens with one attached hydrogen (secondary N) is 1. The molecule has 1 saturated heterocycles. The Morgan fingerprint density at radius 3 is 2.82 bits per heavy atom. The summed E-state index contributed by atoms with van der Waals surface area (Å²) in [4.78, 5) is 13.8. The van der Waals surface area contributed by atoms with E-state index in [2.05, 4.69) is 10.4 Å². The van der Waals surface area contributed by atoms with Crippen LogP contribution >= 0.6 is 0 Å². The van der Waals surface area contributed by atoms with Gasteiger partial charge in [-0.15, -0.1) is 0 Å². The van der Waals surface area contributed by atoms with Gasteiger partial charge in [0.25, 0.3) is 0 Å². The van der Waals surface area contributed by atoms with Crippen molar-refractivity contribution in [2.75, 3.05) is 18.4 Å². The zero-order valence-corrected chi connectivity index (χ0v) is 10.1. The topological polar surface area (TPSA) is 76.2 Å². The Morgan fingerprint density at radius 1 is 1.47 bits per heavy atom. The number of carbonyl (C=O) groups is 1. The van der Waals surface area contributed by atoms with E-state index >= 15 is 0 Å². The molecule has 0 bridgehead atoms. The fourth-order valence-corrected chi connectivity index (χ4v) is 2.07. The summed E-state index contributed by atoms with van der Waals surface area (Å²) in [6.45, 7) is 2.04. The lowest BCUT2D eigenvalue weighted by Crippen LogP contribution is -2.39. The van der Waals surface area contributed by atoms with Crippen molar-refractivity contribution in [1.82, 2.24) is 14.7 Å². The second kappa shape index (κ2) is 5.18. The number of amides is 2. The Balaban J connectivity index is 2.01. The lowest BCUT2D eigenvalue weighted by molar-refractivity contribution is 0.200. The molecule has 94 valence electrons. The monoisotopic (exact) mass is 237 g/mol. The maximum Gasteiger partial charge on any atom is 0.323 e. The Morgan fingerprint density at radius 2 is 2.18 bits per heavy atom. The molecule has 1 aliphatic rings. The van der Waals surface area contributed by atoms with E-state index in [0.29, 0.717) is 12.4 Å². The molecule has 1 aromatic heterocycles. The summed E-state index contributed by atoms with van der Waals surface area (Å²) in [6.07, 6.45) is 5.20. The van der Waals surface area contributed by atoms with E-state index in [1.165, 1.54) is 6.42 Å². The van der Waals surface area contributed by atoms with E-state index in [9.17, 15) is 4.79 Å². The van der Waals surface area contributed by atoms with Crippen LogP contribution in [0.15, 0.2) is 6.20 Å². The summed E-state index contributed by atoms with van der Waals surface area (Å²) in [7, 11) is 1.82. The van der Waals surface area contributed by atoms with Gasteiger partial charge >= 0.3 is 6.03 Å². The molecule has 2 rings (SSSR count). The molecule has 1 aromatic rings. The van der Waals surface area contributed by atoms with Crippen molar-refractivity contribution in [3.63, 3.8) is 0 Å². The van der Waals surface area contributed by atoms with Gasteiger partial charge < -0.3 is 10.6 Å². The first-order valence-corrected chi connectivity index (χ1v) is 5.99. The number of carbonyl (C=O) groups excluding carboxylic acids is 1. The van der Waals surface area contributed by atoms with Gasteiger partial charge in [0.1, 0.15) is 0 Å². The van der Waals surface area contributed by atoms with Crippen molar-refractivity contribution in [3.8, 4) is 0 Å². The van der Waals surface area contributed by atoms with Crippen molar-refractivity contribution in [3.05, 3.63) is 11.8 Å². The second-order valence-electron chi connectivity index (χ2n) is 4.36. The Hall–Kier alpha value is -1.56. The van der Waals surface area contributed by atoms with Crippen LogP contribution in [0.2, 0.25) is 0 Å². The summed E-state index contributed by atoms with van der Waals surface area (Å²) in [5.41, 5.74) is 6.46. The summed E-state index contributed by atoms with van der Waals surface area (Å²) >= 11 is 0. The van der Waals surface area contributed by atoms with E-state index < -0.39 is 0 Å². The molecule has 0 aliphatic carbocycles. The van der Waals surface area contributed by atoms with Crippen molar-refractivity contribution in [1.29, 1.82) is 0 Å². The van der Waals surface area contributed by atoms with Crippen molar-refractivity contribution in [2.45, 2.75) is 25.8 Å². The molecule has 0 saturated carbocycles. The smallest absolute Gasteiger partial charge is 0.323 e. The number of rotatable bonds is 2. The normalized spacial score (nSPS) is 16.0. The quantitative estimate of drug-likeness (QED) is 0.802. The van der Waals surface area contributed by atoms with Crippen LogP contribution in [0.4, 0.5) is 10.6 Å². The van der Waals surface area contributed by atoms with Crippen LogP contribution < -0.4 is 11.1 Å². The number of nitrogens with zero attached hydrogens (tertiary/aromatic N) is 3. The van der Waals surface area contributed by atoms with Crippen LogP contribution in [0.3, 0.4) is 0 Å². The molecule has 0 unspecified atom stereocenters. The molecule has 3 N–H and O–H groups in total. The number of hydrogen-bond donors (Lipinski definition) is 2. The van der Waals surface area contributed by atoms with Gasteiger partial charge in [0.2, 0.25) is 0 Å². The first-order valence-electron chi connectivity index (χ1n) is 5.99. The van der Waals surface area contributed by atoms with E-state index in [-0.39, 0.29) is 6.03 Å². The van der Waals surface area contributed by atoms with Gasteiger partial charge in [-0.3, -0.25) is 10.00 Å². The summed E-state index contributed by atoms with van der Waals surface area (Å²) in [5, 5.41) is 7.02. The van der Waals surface area contributed by atoms with Crippen LogP contribution in [0.1, 0.15) is 24.8 Å². The number of likely N-dealkylation sites (tertiary alicyclic amines) is 1. The summed E-state index contributed by atoms with van der Waals surface area (Å²) < 4.78 is 1.66. The van der Waals surface area contributed by atoms with Crippen LogP contribution in [-0.2, 0) is 13.6 Å². The van der Waals surface area contributed by atoms with E-state index in [4.69, 9.17) is 5.73 Å². The van der Waals surface area contributed by atoms with Crippen LogP contribution in [0.5, 0.6) is 0 Å². The first kappa shape index (κ1) is 11.9. The second-order valence-corrected chi connectivity index (χ2v) is 4.36. The maximum absolute atomic E-state index is 12.0. The van der Waals surface area contributed by atoms with Gasteiger partial charge in [-0.25, -0.2) is 4.79 Å². The van der Waals surface area contributed by atoms with Gasteiger partial charge in [0.05, 0.1) is 0 Å². The third-order valence-corrected chi connectivity index (χ3v) is 2.99. The minimum Gasteiger partial charge on any atom is -0.326 e. The van der Waals surface area contributed by atoms with Gasteiger partial charge in [0.15, 0.2) is 5.82 Å². The molecular formula is C11H19N5O. The highest BCUT2D eigenvalue weighted by Gasteiger charge is 2.18. The first-order chi connectivity index (χ1) is 8.20. The number of piperidine rings is 1. The minimum absolute atomic E-state index is 0.0712. The van der Waals surface area contributed by atoms with Crippen LogP contribution in [0, 0.1) is 0 Å². The Kier molecular flexibility index (Phi) is 3.63. The fourth-order valence-electron chi connectivity index (χ4n) is 2.07. The van der Waals surface area contributed by atoms with Gasteiger partial charge in [-0.1, -0.05) is 0 Å². The molecule has 6 heteroatoms. The predicted molar refractivity (Wildman–Crippen MR) is 65.5 cm³/mol. The predicted octanol–water partition coefficient (Wildman–Crippen LogP) is 0.897. The van der Waals surface area contributed by atoms with Crippen molar-refractivity contribution < 1.29 is 4.79 Å². The zero-order valence-electron chi connectivity index (χ0n) is 10.1. The van der Waals surface area contributed by atoms with Gasteiger partial charge in [0, 0.05) is 38.4 Å². The molecule has 1 fully saturated rings. The average molecular weight is 237 g/mol. The SMILES string of the molecule is Cn1cc(CN)c(NC(=O)N2CCCCC2)n1. The largest absolute Gasteiger partial charge is 0.326 e. The molecule has 2 heterocycles. The van der Waals surface area contributed by atoms with E-state index in [1.54, 1.807) is 4.68 Å². The van der Waals surface area contributed by atoms with Crippen molar-refractivity contribution in [2.24, 2.45) is 12.8 Å². The maximum atomic E-state index is 12.0. The highest BCUT2D eigenvalue weighted by molar-refractivity contribution is 5.89. The minimum atomic E-state index is -0.0712. The zero-order chi connectivity index (χ0) is 12.3. The van der Waals surface area contributed by atoms with Crippen molar-refractivity contribution >= 4 is 11.8 Å². The molecule has 0 aromatic carbocycles. The third kappa shape index (κ3) is 2.76. The molecule has 0 atom stereocenters. The van der Waals surface area contributed by atoms with Gasteiger partial charge in [-0.2, -0.15) is 5.10 Å². The molecule has 0 radical (unpaired) electrons. The van der Waals surface area contributed by atoms with E-state index in [0.717, 1.165) is 31.5 Å². The average Bonchev–Trinajstić information content (AvgIpc) is 2.70. The Bertz CT molecular complexity index is 395. The summed E-state index contributed by atoms with van der Waals surface area (Å²) in [6, 6.07) is -0.0712. The molecule has 0 spiro atoms. The highest BCUT2D eigenvalue weighted by atomic mass is 16.2. The standard InChI is InChI=1S/C11H19N5O/c1-15-8-9(7-12)10(14-15)13-11(17)16-5-3-2-4-6-16/h8H,2-7,12H2,1H3,(H,13,14,17).